The monoisotopic (exact) mass is 202 g/mol. The number of Topliss-reactive ketones (excluding diaryl/α,β-unsaturated/α-hetero) is 1. The highest BCUT2D eigenvalue weighted by atomic mass is 16.1. The predicted molar refractivity (Wildman–Crippen MR) is 57.1 cm³/mol. The van der Waals surface area contributed by atoms with Crippen LogP contribution in [0.3, 0.4) is 0 Å². The van der Waals surface area contributed by atoms with Crippen LogP contribution in [-0.2, 0) is 10.2 Å². The summed E-state index contributed by atoms with van der Waals surface area (Å²) in [5.41, 5.74) is 0.115. The van der Waals surface area contributed by atoms with E-state index in [1.807, 2.05) is 25.1 Å². The molecule has 0 N–H and O–H groups in total. The largest absolute Gasteiger partial charge is 0.299 e. The molecule has 3 nitrogen and oxygen atoms in total. The lowest BCUT2D eigenvalue weighted by Crippen LogP contribution is -2.31. The number of rotatable bonds is 4. The Morgan fingerprint density at radius 3 is 2.80 bits per heavy atom. The van der Waals surface area contributed by atoms with Gasteiger partial charge >= 0.3 is 0 Å². The van der Waals surface area contributed by atoms with Crippen LogP contribution in [0.2, 0.25) is 0 Å². The van der Waals surface area contributed by atoms with Gasteiger partial charge in [-0.15, -0.1) is 0 Å². The molecule has 1 atom stereocenters. The summed E-state index contributed by atoms with van der Waals surface area (Å²) in [5, 5.41) is 8.58. The first kappa shape index (κ1) is 11.4. The third kappa shape index (κ3) is 2.41. The maximum absolute atomic E-state index is 11.6. The van der Waals surface area contributed by atoms with Gasteiger partial charge in [-0.1, -0.05) is 6.07 Å². The Labute approximate surface area is 89.8 Å². The van der Waals surface area contributed by atoms with Crippen LogP contribution in [0.25, 0.3) is 0 Å². The number of hydrogen-bond donors (Lipinski definition) is 0. The smallest absolute Gasteiger partial charge is 0.141 e. The third-order valence-corrected chi connectivity index (χ3v) is 2.74. The molecule has 1 aromatic heterocycles. The molecule has 0 saturated heterocycles. The second kappa shape index (κ2) is 4.70. The summed E-state index contributed by atoms with van der Waals surface area (Å²) in [6.45, 7) is 3.39. The second-order valence-corrected chi connectivity index (χ2v) is 3.76. The molecule has 0 aliphatic rings. The van der Waals surface area contributed by atoms with Crippen molar-refractivity contribution in [3.8, 4) is 6.07 Å². The number of aromatic nitrogens is 1. The number of nitriles is 1. The highest BCUT2D eigenvalue weighted by molar-refractivity contribution is 5.87. The van der Waals surface area contributed by atoms with E-state index in [0.717, 1.165) is 5.69 Å². The molecule has 78 valence electrons. The minimum atomic E-state index is -0.628. The maximum atomic E-state index is 11.6. The summed E-state index contributed by atoms with van der Waals surface area (Å²) >= 11 is 0. The lowest BCUT2D eigenvalue weighted by Gasteiger charge is -2.24. The number of pyridine rings is 1. The van der Waals surface area contributed by atoms with E-state index >= 15 is 0 Å². The number of carbonyl (C=O) groups excluding carboxylic acids is 1. The Morgan fingerprint density at radius 1 is 1.60 bits per heavy atom. The maximum Gasteiger partial charge on any atom is 0.141 e. The van der Waals surface area contributed by atoms with Crippen molar-refractivity contribution in [3.05, 3.63) is 30.1 Å². The van der Waals surface area contributed by atoms with Crippen molar-refractivity contribution in [3.63, 3.8) is 0 Å². The Morgan fingerprint density at radius 2 is 2.33 bits per heavy atom. The van der Waals surface area contributed by atoms with Crippen molar-refractivity contribution in [1.82, 2.24) is 4.98 Å². The zero-order valence-corrected chi connectivity index (χ0v) is 9.03. The van der Waals surface area contributed by atoms with Gasteiger partial charge in [-0.2, -0.15) is 5.26 Å². The van der Waals surface area contributed by atoms with Crippen LogP contribution in [0.15, 0.2) is 24.4 Å². The summed E-state index contributed by atoms with van der Waals surface area (Å²) in [6.07, 6.45) is 2.56. The number of ketones is 1. The standard InChI is InChI=1S/C12H14N2O/c1-10(15)12(2,7-5-8-13)11-6-3-4-9-14-11/h3-4,6,9H,5,7H2,1-2H3. The normalized spacial score (nSPS) is 13.9. The summed E-state index contributed by atoms with van der Waals surface area (Å²) in [4.78, 5) is 15.8. The minimum Gasteiger partial charge on any atom is -0.299 e. The van der Waals surface area contributed by atoms with Gasteiger partial charge in [-0.3, -0.25) is 9.78 Å². The molecule has 0 aliphatic carbocycles. The van der Waals surface area contributed by atoms with E-state index in [1.54, 1.807) is 13.1 Å². The van der Waals surface area contributed by atoms with Crippen molar-refractivity contribution in [1.29, 1.82) is 5.26 Å². The van der Waals surface area contributed by atoms with E-state index in [2.05, 4.69) is 11.1 Å². The van der Waals surface area contributed by atoms with Crippen molar-refractivity contribution in [2.45, 2.75) is 32.1 Å². The molecule has 0 aromatic carbocycles. The zero-order chi connectivity index (χ0) is 11.3. The average molecular weight is 202 g/mol. The molecule has 0 amide bonds. The van der Waals surface area contributed by atoms with E-state index in [4.69, 9.17) is 5.26 Å². The fraction of sp³-hybridized carbons (Fsp3) is 0.417. The van der Waals surface area contributed by atoms with E-state index in [1.165, 1.54) is 0 Å². The molecular weight excluding hydrogens is 188 g/mol. The first-order valence-electron chi connectivity index (χ1n) is 4.91. The lowest BCUT2D eigenvalue weighted by atomic mass is 9.78. The van der Waals surface area contributed by atoms with Gasteiger partial charge in [0.15, 0.2) is 0 Å². The van der Waals surface area contributed by atoms with Crippen molar-refractivity contribution >= 4 is 5.78 Å². The number of carbonyl (C=O) groups is 1. The third-order valence-electron chi connectivity index (χ3n) is 2.74. The predicted octanol–water partition coefficient (Wildman–Crippen LogP) is 2.23. The van der Waals surface area contributed by atoms with Crippen LogP contribution in [0.4, 0.5) is 0 Å². The van der Waals surface area contributed by atoms with E-state index in [-0.39, 0.29) is 5.78 Å². The van der Waals surface area contributed by atoms with Gasteiger partial charge < -0.3 is 0 Å². The molecule has 1 unspecified atom stereocenters. The molecule has 1 aromatic rings. The van der Waals surface area contributed by atoms with Gasteiger partial charge in [0.05, 0.1) is 17.2 Å². The van der Waals surface area contributed by atoms with Crippen molar-refractivity contribution < 1.29 is 4.79 Å². The first-order chi connectivity index (χ1) is 7.11. The van der Waals surface area contributed by atoms with Gasteiger partial charge in [0.1, 0.15) is 5.78 Å². The minimum absolute atomic E-state index is 0.0523. The highest BCUT2D eigenvalue weighted by Gasteiger charge is 2.32. The molecule has 15 heavy (non-hydrogen) atoms. The van der Waals surface area contributed by atoms with Crippen LogP contribution < -0.4 is 0 Å². The Balaban J connectivity index is 3.03. The van der Waals surface area contributed by atoms with Gasteiger partial charge in [0, 0.05) is 12.6 Å². The van der Waals surface area contributed by atoms with Crippen LogP contribution in [-0.4, -0.2) is 10.8 Å². The van der Waals surface area contributed by atoms with Crippen molar-refractivity contribution in [2.75, 3.05) is 0 Å². The molecule has 0 radical (unpaired) electrons. The van der Waals surface area contributed by atoms with Gasteiger partial charge in [0.2, 0.25) is 0 Å². The van der Waals surface area contributed by atoms with Crippen LogP contribution in [0.1, 0.15) is 32.4 Å². The van der Waals surface area contributed by atoms with Crippen LogP contribution in [0, 0.1) is 11.3 Å². The SMILES string of the molecule is CC(=O)C(C)(CCC#N)c1ccccn1. The van der Waals surface area contributed by atoms with Crippen LogP contribution >= 0.6 is 0 Å². The fourth-order valence-electron chi connectivity index (χ4n) is 1.48. The summed E-state index contributed by atoms with van der Waals surface area (Å²) in [5.74, 6) is 0.0523. The second-order valence-electron chi connectivity index (χ2n) is 3.76. The number of hydrogen-bond acceptors (Lipinski definition) is 3. The average Bonchev–Trinajstić information content (AvgIpc) is 2.27. The Hall–Kier alpha value is -1.69. The molecule has 0 bridgehead atoms. The number of nitrogens with zero attached hydrogens (tertiary/aromatic N) is 2. The molecule has 1 rings (SSSR count). The Bertz CT molecular complexity index is 380. The lowest BCUT2D eigenvalue weighted by molar-refractivity contribution is -0.122. The Kier molecular flexibility index (Phi) is 3.56. The van der Waals surface area contributed by atoms with Crippen molar-refractivity contribution in [2.24, 2.45) is 0 Å². The summed E-state index contributed by atoms with van der Waals surface area (Å²) in [7, 11) is 0. The first-order valence-corrected chi connectivity index (χ1v) is 4.91. The van der Waals surface area contributed by atoms with E-state index < -0.39 is 5.41 Å². The zero-order valence-electron chi connectivity index (χ0n) is 9.03. The van der Waals surface area contributed by atoms with Gasteiger partial charge in [0.25, 0.3) is 0 Å². The molecule has 1 heterocycles. The topological polar surface area (TPSA) is 53.8 Å². The fourth-order valence-corrected chi connectivity index (χ4v) is 1.48. The summed E-state index contributed by atoms with van der Waals surface area (Å²) in [6, 6.07) is 7.57. The molecule has 0 spiro atoms. The quantitative estimate of drug-likeness (QED) is 0.752. The van der Waals surface area contributed by atoms with Crippen LogP contribution in [0.5, 0.6) is 0 Å². The van der Waals surface area contributed by atoms with Gasteiger partial charge in [-0.25, -0.2) is 0 Å². The molecule has 3 heteroatoms. The highest BCUT2D eigenvalue weighted by Crippen LogP contribution is 2.28. The molecular formula is C12H14N2O. The molecule has 0 aliphatic heterocycles. The van der Waals surface area contributed by atoms with E-state index in [9.17, 15) is 4.79 Å². The van der Waals surface area contributed by atoms with E-state index in [0.29, 0.717) is 12.8 Å². The molecule has 0 fully saturated rings. The summed E-state index contributed by atoms with van der Waals surface area (Å²) < 4.78 is 0. The molecule has 0 saturated carbocycles. The van der Waals surface area contributed by atoms with Gasteiger partial charge in [-0.05, 0) is 32.4 Å².